The summed E-state index contributed by atoms with van der Waals surface area (Å²) in [6.07, 6.45) is 0. The minimum absolute atomic E-state index is 0.111. The van der Waals surface area contributed by atoms with Crippen LogP contribution in [0.5, 0.6) is 0 Å². The number of aromatic nitrogens is 2. The van der Waals surface area contributed by atoms with E-state index >= 15 is 0 Å². The van der Waals surface area contributed by atoms with Crippen LogP contribution in [0.4, 0.5) is 10.5 Å². The second kappa shape index (κ2) is 7.33. The van der Waals surface area contributed by atoms with E-state index < -0.39 is 0 Å². The van der Waals surface area contributed by atoms with Crippen LogP contribution >= 0.6 is 23.2 Å². The number of hydrogen-bond donors (Lipinski definition) is 2. The molecule has 2 aromatic carbocycles. The molecule has 0 unspecified atom stereocenters. The van der Waals surface area contributed by atoms with Crippen LogP contribution in [-0.4, -0.2) is 16.2 Å². The smallest absolute Gasteiger partial charge is 0.319 e. The van der Waals surface area contributed by atoms with Crippen LogP contribution in [0.2, 0.25) is 10.0 Å². The number of carbonyl (C=O) groups is 1. The lowest BCUT2D eigenvalue weighted by Crippen LogP contribution is -2.28. The van der Waals surface area contributed by atoms with Crippen LogP contribution < -0.4 is 10.6 Å². The molecule has 1 aromatic heterocycles. The van der Waals surface area contributed by atoms with Crippen molar-refractivity contribution in [3.8, 4) is 11.5 Å². The molecule has 0 spiro atoms. The Morgan fingerprint density at radius 3 is 2.25 bits per heavy atom. The summed E-state index contributed by atoms with van der Waals surface area (Å²) in [7, 11) is 0. The first kappa shape index (κ1) is 16.3. The Bertz CT molecular complexity index is 832. The van der Waals surface area contributed by atoms with Gasteiger partial charge in [-0.1, -0.05) is 23.2 Å². The molecular formula is C16H12Cl2N4O2. The summed E-state index contributed by atoms with van der Waals surface area (Å²) >= 11 is 11.6. The van der Waals surface area contributed by atoms with Crippen molar-refractivity contribution < 1.29 is 9.21 Å². The minimum Gasteiger partial charge on any atom is -0.419 e. The van der Waals surface area contributed by atoms with Crippen molar-refractivity contribution in [3.05, 3.63) is 64.5 Å². The SMILES string of the molecule is O=C(NCc1nnc(-c2ccc(Cl)cc2)o1)Nc1ccc(Cl)cc1. The van der Waals surface area contributed by atoms with Crippen molar-refractivity contribution in [2.24, 2.45) is 0 Å². The van der Waals surface area contributed by atoms with Gasteiger partial charge >= 0.3 is 6.03 Å². The highest BCUT2D eigenvalue weighted by Crippen LogP contribution is 2.20. The molecule has 0 saturated heterocycles. The van der Waals surface area contributed by atoms with Crippen molar-refractivity contribution in [2.45, 2.75) is 6.54 Å². The van der Waals surface area contributed by atoms with Crippen molar-refractivity contribution >= 4 is 34.9 Å². The van der Waals surface area contributed by atoms with E-state index in [9.17, 15) is 4.79 Å². The third-order valence-electron chi connectivity index (χ3n) is 3.06. The van der Waals surface area contributed by atoms with Crippen molar-refractivity contribution in [1.82, 2.24) is 15.5 Å². The molecule has 0 atom stereocenters. The van der Waals surface area contributed by atoms with E-state index in [4.69, 9.17) is 27.6 Å². The van der Waals surface area contributed by atoms with Crippen molar-refractivity contribution in [2.75, 3.05) is 5.32 Å². The molecule has 0 radical (unpaired) electrons. The van der Waals surface area contributed by atoms with E-state index in [1.165, 1.54) is 0 Å². The van der Waals surface area contributed by atoms with E-state index in [0.29, 0.717) is 27.5 Å². The number of hydrogen-bond acceptors (Lipinski definition) is 4. The summed E-state index contributed by atoms with van der Waals surface area (Å²) in [5.74, 6) is 0.660. The molecule has 6 nitrogen and oxygen atoms in total. The summed E-state index contributed by atoms with van der Waals surface area (Å²) in [5, 5.41) is 14.4. The molecule has 8 heteroatoms. The monoisotopic (exact) mass is 362 g/mol. The number of anilines is 1. The molecule has 0 aliphatic rings. The highest BCUT2D eigenvalue weighted by atomic mass is 35.5. The number of benzene rings is 2. The Balaban J connectivity index is 1.56. The van der Waals surface area contributed by atoms with Gasteiger partial charge in [-0.3, -0.25) is 0 Å². The van der Waals surface area contributed by atoms with E-state index in [0.717, 1.165) is 5.56 Å². The van der Waals surface area contributed by atoms with E-state index in [2.05, 4.69) is 20.8 Å². The lowest BCUT2D eigenvalue weighted by molar-refractivity contribution is 0.250. The van der Waals surface area contributed by atoms with E-state index in [-0.39, 0.29) is 12.6 Å². The van der Waals surface area contributed by atoms with Crippen LogP contribution in [0.3, 0.4) is 0 Å². The summed E-state index contributed by atoms with van der Waals surface area (Å²) < 4.78 is 5.50. The molecule has 2 N–H and O–H groups in total. The average Bonchev–Trinajstić information content (AvgIpc) is 3.05. The topological polar surface area (TPSA) is 80.1 Å². The van der Waals surface area contributed by atoms with Gasteiger partial charge in [0.1, 0.15) is 0 Å². The molecule has 0 aliphatic heterocycles. The van der Waals surface area contributed by atoms with Crippen LogP contribution in [0.25, 0.3) is 11.5 Å². The number of urea groups is 1. The van der Waals surface area contributed by atoms with Crippen LogP contribution in [0, 0.1) is 0 Å². The van der Waals surface area contributed by atoms with Gasteiger partial charge in [-0.05, 0) is 48.5 Å². The van der Waals surface area contributed by atoms with Crippen molar-refractivity contribution in [3.63, 3.8) is 0 Å². The molecular weight excluding hydrogens is 351 g/mol. The first-order chi connectivity index (χ1) is 11.6. The second-order valence-electron chi connectivity index (χ2n) is 4.82. The zero-order chi connectivity index (χ0) is 16.9. The first-order valence-electron chi connectivity index (χ1n) is 6.99. The first-order valence-corrected chi connectivity index (χ1v) is 7.74. The molecule has 1 heterocycles. The molecule has 3 aromatic rings. The van der Waals surface area contributed by atoms with Gasteiger partial charge < -0.3 is 15.1 Å². The molecule has 3 rings (SSSR count). The second-order valence-corrected chi connectivity index (χ2v) is 5.70. The predicted octanol–water partition coefficient (Wildman–Crippen LogP) is 4.37. The average molecular weight is 363 g/mol. The molecule has 0 saturated carbocycles. The highest BCUT2D eigenvalue weighted by molar-refractivity contribution is 6.30. The number of amides is 2. The lowest BCUT2D eigenvalue weighted by atomic mass is 10.2. The zero-order valence-electron chi connectivity index (χ0n) is 12.3. The number of nitrogens with one attached hydrogen (secondary N) is 2. The molecule has 122 valence electrons. The molecule has 24 heavy (non-hydrogen) atoms. The Morgan fingerprint density at radius 2 is 1.58 bits per heavy atom. The summed E-state index contributed by atoms with van der Waals surface area (Å²) in [5.41, 5.74) is 1.38. The summed E-state index contributed by atoms with van der Waals surface area (Å²) in [6.45, 7) is 0.111. The third-order valence-corrected chi connectivity index (χ3v) is 3.56. The van der Waals surface area contributed by atoms with Gasteiger partial charge in [0.25, 0.3) is 0 Å². The van der Waals surface area contributed by atoms with Crippen LogP contribution in [-0.2, 0) is 6.54 Å². The van der Waals surface area contributed by atoms with E-state index in [1.807, 2.05) is 0 Å². The molecule has 2 amide bonds. The number of halogens is 2. The number of rotatable bonds is 4. The Hall–Kier alpha value is -2.57. The standard InChI is InChI=1S/C16H12Cl2N4O2/c17-11-3-1-10(2-4-11)15-22-21-14(24-15)9-19-16(23)20-13-7-5-12(18)6-8-13/h1-8H,9H2,(H2,19,20,23). The quantitative estimate of drug-likeness (QED) is 0.722. The van der Waals surface area contributed by atoms with Gasteiger partial charge in [0, 0.05) is 21.3 Å². The Labute approximate surface area is 147 Å². The highest BCUT2D eigenvalue weighted by Gasteiger charge is 2.10. The summed E-state index contributed by atoms with van der Waals surface area (Å²) in [4.78, 5) is 11.8. The fraction of sp³-hybridized carbons (Fsp3) is 0.0625. The lowest BCUT2D eigenvalue weighted by Gasteiger charge is -2.05. The predicted molar refractivity (Wildman–Crippen MR) is 92.1 cm³/mol. The maximum atomic E-state index is 11.8. The van der Waals surface area contributed by atoms with Crippen LogP contribution in [0.1, 0.15) is 5.89 Å². The molecule has 0 bridgehead atoms. The van der Waals surface area contributed by atoms with Gasteiger partial charge in [-0.25, -0.2) is 4.79 Å². The van der Waals surface area contributed by atoms with Gasteiger partial charge in [-0.2, -0.15) is 0 Å². The van der Waals surface area contributed by atoms with Crippen molar-refractivity contribution in [1.29, 1.82) is 0 Å². The van der Waals surface area contributed by atoms with Gasteiger partial charge in [0.05, 0.1) is 6.54 Å². The molecule has 0 aliphatic carbocycles. The largest absolute Gasteiger partial charge is 0.419 e. The minimum atomic E-state index is -0.386. The van der Waals surface area contributed by atoms with E-state index in [1.54, 1.807) is 48.5 Å². The van der Waals surface area contributed by atoms with Crippen LogP contribution in [0.15, 0.2) is 52.9 Å². The summed E-state index contributed by atoms with van der Waals surface area (Å²) in [6, 6.07) is 13.4. The molecule has 0 fully saturated rings. The maximum Gasteiger partial charge on any atom is 0.319 e. The Kier molecular flexibility index (Phi) is 4.98. The Morgan fingerprint density at radius 1 is 0.958 bits per heavy atom. The zero-order valence-corrected chi connectivity index (χ0v) is 13.8. The van der Waals surface area contributed by atoms with Gasteiger partial charge in [-0.15, -0.1) is 10.2 Å². The number of nitrogens with zero attached hydrogens (tertiary/aromatic N) is 2. The third kappa shape index (κ3) is 4.24. The fourth-order valence-electron chi connectivity index (χ4n) is 1.90. The number of carbonyl (C=O) groups excluding carboxylic acids is 1. The van der Waals surface area contributed by atoms with Gasteiger partial charge in [0.2, 0.25) is 11.8 Å². The normalized spacial score (nSPS) is 10.4. The van der Waals surface area contributed by atoms with Gasteiger partial charge in [0.15, 0.2) is 0 Å². The fourth-order valence-corrected chi connectivity index (χ4v) is 2.15. The maximum absolute atomic E-state index is 11.8.